The number of hydrogen-bond acceptors (Lipinski definition) is 5. The van der Waals surface area contributed by atoms with Crippen molar-refractivity contribution >= 4 is 28.3 Å². The monoisotopic (exact) mass is 501 g/mol. The van der Waals surface area contributed by atoms with Crippen molar-refractivity contribution in [2.24, 2.45) is 0 Å². The fourth-order valence-corrected chi connectivity index (χ4v) is 4.92. The smallest absolute Gasteiger partial charge is 0.255 e. The number of benzene rings is 4. The van der Waals surface area contributed by atoms with Gasteiger partial charge in [0, 0.05) is 11.4 Å². The molecule has 0 saturated carbocycles. The summed E-state index contributed by atoms with van der Waals surface area (Å²) < 4.78 is 7.89. The highest BCUT2D eigenvalue weighted by atomic mass is 16.5. The molecule has 4 aromatic carbocycles. The third-order valence-corrected chi connectivity index (χ3v) is 6.90. The molecule has 7 heteroatoms. The minimum atomic E-state index is -0.440. The molecule has 0 fully saturated rings. The topological polar surface area (TPSA) is 81.1 Å². The van der Waals surface area contributed by atoms with E-state index in [0.29, 0.717) is 18.1 Å². The highest BCUT2D eigenvalue weighted by Crippen LogP contribution is 2.36. The molecular weight excluding hydrogens is 474 g/mol. The Morgan fingerprint density at radius 2 is 1.71 bits per heavy atom. The van der Waals surface area contributed by atoms with Gasteiger partial charge in [-0.1, -0.05) is 72.8 Å². The van der Waals surface area contributed by atoms with Gasteiger partial charge in [0.05, 0.1) is 5.57 Å². The van der Waals surface area contributed by atoms with Crippen LogP contribution in [0.1, 0.15) is 29.7 Å². The Balaban J connectivity index is 1.27. The summed E-state index contributed by atoms with van der Waals surface area (Å²) in [6.07, 6.45) is 1.49. The molecule has 1 atom stereocenters. The van der Waals surface area contributed by atoms with E-state index in [1.54, 1.807) is 4.68 Å². The van der Waals surface area contributed by atoms with Gasteiger partial charge in [0.2, 0.25) is 5.95 Å². The number of aryl methyl sites for hydroxylation is 1. The number of amides is 1. The lowest BCUT2D eigenvalue weighted by atomic mass is 9.95. The van der Waals surface area contributed by atoms with Gasteiger partial charge in [-0.3, -0.25) is 4.79 Å². The van der Waals surface area contributed by atoms with Gasteiger partial charge >= 0.3 is 0 Å². The molecule has 5 aromatic rings. The summed E-state index contributed by atoms with van der Waals surface area (Å²) in [5.74, 6) is 1.16. The molecule has 1 amide bonds. The molecule has 7 nitrogen and oxygen atoms in total. The molecule has 0 spiro atoms. The van der Waals surface area contributed by atoms with Gasteiger partial charge in [0.25, 0.3) is 5.91 Å². The van der Waals surface area contributed by atoms with Gasteiger partial charge in [-0.25, -0.2) is 4.68 Å². The Morgan fingerprint density at radius 3 is 2.55 bits per heavy atom. The zero-order chi connectivity index (χ0) is 26.1. The first-order valence-electron chi connectivity index (χ1n) is 12.5. The van der Waals surface area contributed by atoms with Crippen molar-refractivity contribution in [3.63, 3.8) is 0 Å². The predicted molar refractivity (Wildman–Crippen MR) is 149 cm³/mol. The summed E-state index contributed by atoms with van der Waals surface area (Å²) in [6, 6.07) is 29.7. The summed E-state index contributed by atoms with van der Waals surface area (Å²) in [5.41, 5.74) is 5.12. The number of nitrogens with one attached hydrogen (secondary N) is 2. The largest absolute Gasteiger partial charge is 0.489 e. The van der Waals surface area contributed by atoms with E-state index in [-0.39, 0.29) is 5.91 Å². The van der Waals surface area contributed by atoms with Gasteiger partial charge in [-0.05, 0) is 59.5 Å². The predicted octanol–water partition coefficient (Wildman–Crippen LogP) is 6.25. The van der Waals surface area contributed by atoms with Crippen LogP contribution >= 0.6 is 0 Å². The van der Waals surface area contributed by atoms with Crippen LogP contribution < -0.4 is 15.4 Å². The average molecular weight is 502 g/mol. The number of fused-ring (bicyclic) bond motifs is 2. The van der Waals surface area contributed by atoms with Gasteiger partial charge in [-0.15, -0.1) is 0 Å². The molecule has 1 aromatic heterocycles. The van der Waals surface area contributed by atoms with Crippen LogP contribution in [0.5, 0.6) is 5.75 Å². The van der Waals surface area contributed by atoms with Crippen molar-refractivity contribution in [1.82, 2.24) is 14.8 Å². The van der Waals surface area contributed by atoms with Gasteiger partial charge < -0.3 is 15.4 Å². The molecule has 0 saturated heterocycles. The van der Waals surface area contributed by atoms with E-state index in [1.807, 2.05) is 74.5 Å². The number of ether oxygens (including phenoxy) is 1. The fourth-order valence-electron chi connectivity index (χ4n) is 4.92. The van der Waals surface area contributed by atoms with Crippen molar-refractivity contribution in [2.75, 3.05) is 10.6 Å². The fraction of sp³-hybridized carbons (Fsp3) is 0.129. The first kappa shape index (κ1) is 23.5. The Morgan fingerprint density at radius 1 is 0.947 bits per heavy atom. The maximum Gasteiger partial charge on any atom is 0.255 e. The molecule has 0 unspecified atom stereocenters. The SMILES string of the molecule is CC1=C(C(=O)Nc2ccccc2C)[C@H](c2ccc(OCc3cccc4ccccc34)cc2)n2ncnc2N1. The molecule has 0 radical (unpaired) electrons. The number of nitrogens with zero attached hydrogens (tertiary/aromatic N) is 3. The molecule has 188 valence electrons. The third-order valence-electron chi connectivity index (χ3n) is 6.90. The third kappa shape index (κ3) is 4.39. The van der Waals surface area contributed by atoms with Crippen molar-refractivity contribution in [3.05, 3.63) is 125 Å². The van der Waals surface area contributed by atoms with Crippen LogP contribution in [0, 0.1) is 6.92 Å². The van der Waals surface area contributed by atoms with Crippen LogP contribution in [0.15, 0.2) is 109 Å². The zero-order valence-electron chi connectivity index (χ0n) is 21.2. The highest BCUT2D eigenvalue weighted by molar-refractivity contribution is 6.06. The maximum atomic E-state index is 13.6. The molecule has 1 aliphatic rings. The zero-order valence-corrected chi connectivity index (χ0v) is 21.2. The summed E-state index contributed by atoms with van der Waals surface area (Å²) in [6.45, 7) is 4.32. The average Bonchev–Trinajstić information content (AvgIpc) is 3.41. The van der Waals surface area contributed by atoms with E-state index in [4.69, 9.17) is 4.74 Å². The molecule has 2 N–H and O–H groups in total. The van der Waals surface area contributed by atoms with E-state index >= 15 is 0 Å². The summed E-state index contributed by atoms with van der Waals surface area (Å²) in [7, 11) is 0. The maximum absolute atomic E-state index is 13.6. The van der Waals surface area contributed by atoms with Crippen LogP contribution in [0.25, 0.3) is 10.8 Å². The highest BCUT2D eigenvalue weighted by Gasteiger charge is 2.33. The standard InChI is InChI=1S/C31H27N5O2/c1-20-8-3-6-13-27(20)35-30(37)28-21(2)34-31-32-19-33-36(31)29(28)23-14-16-25(17-15-23)38-18-24-11-7-10-22-9-4-5-12-26(22)24/h3-17,19,29H,18H2,1-2H3,(H,35,37)(H,32,33,34)/t29-/m0/s1. The van der Waals surface area contributed by atoms with E-state index < -0.39 is 6.04 Å². The van der Waals surface area contributed by atoms with Gasteiger partial charge in [-0.2, -0.15) is 10.1 Å². The van der Waals surface area contributed by atoms with Crippen LogP contribution in [-0.4, -0.2) is 20.7 Å². The summed E-state index contributed by atoms with van der Waals surface area (Å²) in [5, 5.41) is 13.1. The van der Waals surface area contributed by atoms with Gasteiger partial charge in [0.15, 0.2) is 0 Å². The lowest BCUT2D eigenvalue weighted by Gasteiger charge is -2.29. The molecule has 2 heterocycles. The van der Waals surface area contributed by atoms with Crippen LogP contribution in [0.2, 0.25) is 0 Å². The molecule has 0 aliphatic carbocycles. The second-order valence-corrected chi connectivity index (χ2v) is 9.36. The first-order chi connectivity index (χ1) is 18.6. The Bertz CT molecular complexity index is 1660. The number of aromatic nitrogens is 3. The van der Waals surface area contributed by atoms with Crippen molar-refractivity contribution < 1.29 is 9.53 Å². The number of allylic oxidation sites excluding steroid dienone is 1. The van der Waals surface area contributed by atoms with Gasteiger partial charge in [0.1, 0.15) is 24.7 Å². The van der Waals surface area contributed by atoms with Crippen molar-refractivity contribution in [3.8, 4) is 5.75 Å². The van der Waals surface area contributed by atoms with E-state index in [0.717, 1.165) is 33.8 Å². The van der Waals surface area contributed by atoms with Crippen LogP contribution in [0.3, 0.4) is 0 Å². The second kappa shape index (κ2) is 9.86. The summed E-state index contributed by atoms with van der Waals surface area (Å²) >= 11 is 0. The van der Waals surface area contributed by atoms with E-state index in [9.17, 15) is 4.79 Å². The van der Waals surface area contributed by atoms with E-state index in [2.05, 4.69) is 51.0 Å². The minimum absolute atomic E-state index is 0.188. The molecule has 0 bridgehead atoms. The normalized spacial score (nSPS) is 14.6. The minimum Gasteiger partial charge on any atom is -0.489 e. The number of anilines is 2. The van der Waals surface area contributed by atoms with E-state index in [1.165, 1.54) is 17.1 Å². The number of rotatable bonds is 6. The number of hydrogen-bond donors (Lipinski definition) is 2. The lowest BCUT2D eigenvalue weighted by molar-refractivity contribution is -0.113. The Kier molecular flexibility index (Phi) is 6.09. The Labute approximate surface area is 220 Å². The number of carbonyl (C=O) groups excluding carboxylic acids is 1. The Hall–Kier alpha value is -4.91. The summed E-state index contributed by atoms with van der Waals surface area (Å²) in [4.78, 5) is 17.9. The van der Waals surface area contributed by atoms with Crippen LogP contribution in [-0.2, 0) is 11.4 Å². The second-order valence-electron chi connectivity index (χ2n) is 9.36. The molecule has 38 heavy (non-hydrogen) atoms. The lowest BCUT2D eigenvalue weighted by Crippen LogP contribution is -2.31. The van der Waals surface area contributed by atoms with Crippen LogP contribution in [0.4, 0.5) is 11.6 Å². The molecule has 1 aliphatic heterocycles. The molecular formula is C31H27N5O2. The number of para-hydroxylation sites is 1. The molecule has 6 rings (SSSR count). The number of carbonyl (C=O) groups is 1. The van der Waals surface area contributed by atoms with Crippen molar-refractivity contribution in [1.29, 1.82) is 0 Å². The quantitative estimate of drug-likeness (QED) is 0.288. The first-order valence-corrected chi connectivity index (χ1v) is 12.5. The van der Waals surface area contributed by atoms with Crippen molar-refractivity contribution in [2.45, 2.75) is 26.5 Å².